The molecule has 100 valence electrons. The van der Waals surface area contributed by atoms with Crippen molar-refractivity contribution in [3.05, 3.63) is 35.4 Å². The standard InChI is InChI=1S/C16H26N2/c1-3-13(2)16(17)12-18-10-6-9-14-7-4-5-8-15(14)11-18/h4-5,7-8,13,16H,3,6,9-12,17H2,1-2H3. The normalized spacial score (nSPS) is 19.9. The number of nitrogens with zero attached hydrogens (tertiary/aromatic N) is 1. The second-order valence-electron chi connectivity index (χ2n) is 5.66. The summed E-state index contributed by atoms with van der Waals surface area (Å²) in [5.74, 6) is 0.614. The van der Waals surface area contributed by atoms with Crippen molar-refractivity contribution in [3.8, 4) is 0 Å². The van der Waals surface area contributed by atoms with Crippen molar-refractivity contribution >= 4 is 0 Å². The van der Waals surface area contributed by atoms with Crippen molar-refractivity contribution in [1.29, 1.82) is 0 Å². The molecule has 18 heavy (non-hydrogen) atoms. The van der Waals surface area contributed by atoms with E-state index < -0.39 is 0 Å². The summed E-state index contributed by atoms with van der Waals surface area (Å²) >= 11 is 0. The lowest BCUT2D eigenvalue weighted by molar-refractivity contribution is 0.227. The molecule has 2 atom stereocenters. The predicted molar refractivity (Wildman–Crippen MR) is 77.5 cm³/mol. The van der Waals surface area contributed by atoms with Gasteiger partial charge in [-0.15, -0.1) is 0 Å². The summed E-state index contributed by atoms with van der Waals surface area (Å²) < 4.78 is 0. The summed E-state index contributed by atoms with van der Waals surface area (Å²) in [6.07, 6.45) is 3.64. The lowest BCUT2D eigenvalue weighted by Gasteiger charge is -2.27. The Hall–Kier alpha value is -0.860. The Morgan fingerprint density at radius 3 is 2.72 bits per heavy atom. The molecule has 2 nitrogen and oxygen atoms in total. The van der Waals surface area contributed by atoms with Crippen LogP contribution in [0.15, 0.2) is 24.3 Å². The number of nitrogens with two attached hydrogens (primary N) is 1. The molecule has 0 saturated carbocycles. The second kappa shape index (κ2) is 6.35. The van der Waals surface area contributed by atoms with Crippen LogP contribution in [0.1, 0.15) is 37.8 Å². The van der Waals surface area contributed by atoms with E-state index in [1.54, 1.807) is 0 Å². The second-order valence-corrected chi connectivity index (χ2v) is 5.66. The third-order valence-electron chi connectivity index (χ3n) is 4.28. The Bertz CT molecular complexity index is 375. The van der Waals surface area contributed by atoms with Crippen LogP contribution in [0.25, 0.3) is 0 Å². The first kappa shape index (κ1) is 13.6. The summed E-state index contributed by atoms with van der Waals surface area (Å²) in [6.45, 7) is 7.77. The van der Waals surface area contributed by atoms with Crippen LogP contribution in [0.5, 0.6) is 0 Å². The van der Waals surface area contributed by atoms with Gasteiger partial charge in [-0.05, 0) is 36.4 Å². The van der Waals surface area contributed by atoms with Gasteiger partial charge in [-0.2, -0.15) is 0 Å². The van der Waals surface area contributed by atoms with Gasteiger partial charge in [0.25, 0.3) is 0 Å². The molecule has 0 amide bonds. The van der Waals surface area contributed by atoms with Crippen LogP contribution < -0.4 is 5.73 Å². The molecule has 1 aliphatic rings. The SMILES string of the molecule is CCC(C)C(N)CN1CCCc2ccccc2C1. The van der Waals surface area contributed by atoms with Gasteiger partial charge in [0.15, 0.2) is 0 Å². The molecule has 2 heteroatoms. The van der Waals surface area contributed by atoms with Gasteiger partial charge in [-0.25, -0.2) is 0 Å². The molecule has 2 N–H and O–H groups in total. The van der Waals surface area contributed by atoms with Gasteiger partial charge in [0.2, 0.25) is 0 Å². The molecule has 1 aromatic carbocycles. The maximum Gasteiger partial charge on any atom is 0.0237 e. The fourth-order valence-corrected chi connectivity index (χ4v) is 2.71. The highest BCUT2D eigenvalue weighted by atomic mass is 15.1. The van der Waals surface area contributed by atoms with Crippen LogP contribution in [0, 0.1) is 5.92 Å². The fourth-order valence-electron chi connectivity index (χ4n) is 2.71. The smallest absolute Gasteiger partial charge is 0.0237 e. The molecular formula is C16H26N2. The van der Waals surface area contributed by atoms with Crippen LogP contribution >= 0.6 is 0 Å². The average Bonchev–Trinajstić information content (AvgIpc) is 2.59. The molecule has 1 aliphatic heterocycles. The number of hydrogen-bond donors (Lipinski definition) is 1. The highest BCUT2D eigenvalue weighted by Gasteiger charge is 2.18. The van der Waals surface area contributed by atoms with Gasteiger partial charge in [-0.3, -0.25) is 4.90 Å². The summed E-state index contributed by atoms with van der Waals surface area (Å²) in [5, 5.41) is 0. The molecule has 0 radical (unpaired) electrons. The largest absolute Gasteiger partial charge is 0.326 e. The molecule has 0 aliphatic carbocycles. The molecule has 2 rings (SSSR count). The minimum atomic E-state index is 0.306. The van der Waals surface area contributed by atoms with Crippen molar-refractivity contribution in [2.24, 2.45) is 11.7 Å². The van der Waals surface area contributed by atoms with E-state index in [-0.39, 0.29) is 0 Å². The van der Waals surface area contributed by atoms with E-state index in [2.05, 4.69) is 43.0 Å². The van der Waals surface area contributed by atoms with Crippen molar-refractivity contribution < 1.29 is 0 Å². The van der Waals surface area contributed by atoms with Crippen molar-refractivity contribution in [3.63, 3.8) is 0 Å². The topological polar surface area (TPSA) is 29.3 Å². The van der Waals surface area contributed by atoms with E-state index in [1.165, 1.54) is 36.9 Å². The summed E-state index contributed by atoms with van der Waals surface area (Å²) in [4.78, 5) is 2.53. The Kier molecular flexibility index (Phi) is 4.79. The van der Waals surface area contributed by atoms with Crippen molar-refractivity contribution in [1.82, 2.24) is 4.90 Å². The maximum atomic E-state index is 6.29. The van der Waals surface area contributed by atoms with Crippen molar-refractivity contribution in [2.75, 3.05) is 13.1 Å². The quantitative estimate of drug-likeness (QED) is 0.885. The van der Waals surface area contributed by atoms with Crippen LogP contribution in [-0.4, -0.2) is 24.0 Å². The van der Waals surface area contributed by atoms with Gasteiger partial charge in [-0.1, -0.05) is 44.5 Å². The van der Waals surface area contributed by atoms with Crippen molar-refractivity contribution in [2.45, 2.75) is 45.7 Å². The van der Waals surface area contributed by atoms with Crippen LogP contribution in [0.3, 0.4) is 0 Å². The first-order valence-electron chi connectivity index (χ1n) is 7.25. The molecule has 1 aromatic rings. The zero-order valence-electron chi connectivity index (χ0n) is 11.7. The van der Waals surface area contributed by atoms with E-state index in [9.17, 15) is 0 Å². The zero-order valence-corrected chi connectivity index (χ0v) is 11.7. The number of fused-ring (bicyclic) bond motifs is 1. The van der Waals surface area contributed by atoms with Gasteiger partial charge < -0.3 is 5.73 Å². The van der Waals surface area contributed by atoms with Crippen LogP contribution in [0.4, 0.5) is 0 Å². The van der Waals surface area contributed by atoms with E-state index in [1.807, 2.05) is 0 Å². The lowest BCUT2D eigenvalue weighted by atomic mass is 9.99. The monoisotopic (exact) mass is 246 g/mol. The Balaban J connectivity index is 1.99. The fraction of sp³-hybridized carbons (Fsp3) is 0.625. The summed E-state index contributed by atoms with van der Waals surface area (Å²) in [5.41, 5.74) is 9.30. The van der Waals surface area contributed by atoms with Gasteiger partial charge in [0, 0.05) is 19.1 Å². The van der Waals surface area contributed by atoms with Gasteiger partial charge >= 0.3 is 0 Å². The Morgan fingerprint density at radius 1 is 1.28 bits per heavy atom. The van der Waals surface area contributed by atoms with E-state index in [0.717, 1.165) is 13.1 Å². The minimum Gasteiger partial charge on any atom is -0.326 e. The minimum absolute atomic E-state index is 0.306. The molecule has 1 heterocycles. The summed E-state index contributed by atoms with van der Waals surface area (Å²) in [7, 11) is 0. The van der Waals surface area contributed by atoms with Crippen LogP contribution in [-0.2, 0) is 13.0 Å². The first-order valence-corrected chi connectivity index (χ1v) is 7.25. The maximum absolute atomic E-state index is 6.29. The molecule has 0 aromatic heterocycles. The highest BCUT2D eigenvalue weighted by Crippen LogP contribution is 2.19. The third-order valence-corrected chi connectivity index (χ3v) is 4.28. The van der Waals surface area contributed by atoms with E-state index in [4.69, 9.17) is 5.73 Å². The van der Waals surface area contributed by atoms with E-state index >= 15 is 0 Å². The molecule has 0 bridgehead atoms. The number of aryl methyl sites for hydroxylation is 1. The summed E-state index contributed by atoms with van der Waals surface area (Å²) in [6, 6.07) is 9.15. The van der Waals surface area contributed by atoms with Gasteiger partial charge in [0.1, 0.15) is 0 Å². The Labute approximate surface area is 111 Å². The van der Waals surface area contributed by atoms with Crippen LogP contribution in [0.2, 0.25) is 0 Å². The third kappa shape index (κ3) is 3.33. The molecular weight excluding hydrogens is 220 g/mol. The Morgan fingerprint density at radius 2 is 2.00 bits per heavy atom. The molecule has 0 fully saturated rings. The molecule has 2 unspecified atom stereocenters. The zero-order chi connectivity index (χ0) is 13.0. The highest BCUT2D eigenvalue weighted by molar-refractivity contribution is 5.28. The average molecular weight is 246 g/mol. The van der Waals surface area contributed by atoms with E-state index in [0.29, 0.717) is 12.0 Å². The molecule has 0 saturated heterocycles. The lowest BCUT2D eigenvalue weighted by Crippen LogP contribution is -2.41. The number of rotatable bonds is 4. The number of benzene rings is 1. The predicted octanol–water partition coefficient (Wildman–Crippen LogP) is 2.81. The molecule has 0 spiro atoms. The first-order chi connectivity index (χ1) is 8.70. The van der Waals surface area contributed by atoms with Gasteiger partial charge in [0.05, 0.1) is 0 Å². The number of hydrogen-bond acceptors (Lipinski definition) is 2.